The van der Waals surface area contributed by atoms with Crippen molar-refractivity contribution in [3.05, 3.63) is 47.5 Å². The van der Waals surface area contributed by atoms with Gasteiger partial charge in [0.2, 0.25) is 0 Å². The minimum atomic E-state index is -0.179. The molecule has 23 heavy (non-hydrogen) atoms. The lowest BCUT2D eigenvalue weighted by molar-refractivity contribution is 0.236. The summed E-state index contributed by atoms with van der Waals surface area (Å²) in [5.41, 5.74) is 2.79. The zero-order valence-electron chi connectivity index (χ0n) is 13.6. The topological polar surface area (TPSA) is 71.8 Å². The summed E-state index contributed by atoms with van der Waals surface area (Å²) in [6, 6.07) is 8.19. The summed E-state index contributed by atoms with van der Waals surface area (Å²) in [6.07, 6.45) is 5.07. The number of carbonyl (C=O) groups is 1. The maximum atomic E-state index is 12.1. The van der Waals surface area contributed by atoms with Crippen LogP contribution >= 0.6 is 0 Å². The van der Waals surface area contributed by atoms with Crippen LogP contribution in [-0.2, 0) is 13.5 Å². The van der Waals surface area contributed by atoms with E-state index in [0.29, 0.717) is 12.5 Å². The highest BCUT2D eigenvalue weighted by Crippen LogP contribution is 2.30. The van der Waals surface area contributed by atoms with Crippen LogP contribution < -0.4 is 10.6 Å². The Labute approximate surface area is 136 Å². The number of nitrogens with zero attached hydrogens (tertiary/aromatic N) is 3. The Morgan fingerprint density at radius 2 is 2.26 bits per heavy atom. The molecule has 1 aliphatic carbocycles. The molecule has 0 aliphatic heterocycles. The van der Waals surface area contributed by atoms with Gasteiger partial charge in [-0.2, -0.15) is 0 Å². The van der Waals surface area contributed by atoms with Crippen molar-refractivity contribution in [2.24, 2.45) is 7.05 Å². The monoisotopic (exact) mass is 313 g/mol. The predicted molar refractivity (Wildman–Crippen MR) is 88.1 cm³/mol. The Hall–Kier alpha value is -2.37. The second-order valence-electron chi connectivity index (χ2n) is 6.16. The molecule has 2 amide bonds. The molecule has 1 aromatic carbocycles. The summed E-state index contributed by atoms with van der Waals surface area (Å²) in [5, 5.41) is 13.8. The molecule has 0 saturated heterocycles. The molecule has 0 unspecified atom stereocenters. The van der Waals surface area contributed by atoms with Crippen molar-refractivity contribution in [3.63, 3.8) is 0 Å². The van der Waals surface area contributed by atoms with E-state index in [1.54, 1.807) is 6.33 Å². The third-order valence-electron chi connectivity index (χ3n) is 4.48. The number of rotatable bonds is 4. The lowest BCUT2D eigenvalue weighted by Crippen LogP contribution is -2.40. The van der Waals surface area contributed by atoms with Crippen molar-refractivity contribution in [3.8, 4) is 0 Å². The van der Waals surface area contributed by atoms with Gasteiger partial charge in [0.05, 0.1) is 6.04 Å². The number of amides is 2. The average molecular weight is 313 g/mol. The molecule has 1 aromatic heterocycles. The van der Waals surface area contributed by atoms with Crippen LogP contribution in [0.2, 0.25) is 0 Å². The summed E-state index contributed by atoms with van der Waals surface area (Å²) in [6.45, 7) is 2.56. The summed E-state index contributed by atoms with van der Waals surface area (Å²) in [7, 11) is 1.87. The fraction of sp³-hybridized carbons (Fsp3) is 0.471. The lowest BCUT2D eigenvalue weighted by atomic mass is 9.83. The molecule has 6 nitrogen and oxygen atoms in total. The van der Waals surface area contributed by atoms with Gasteiger partial charge in [0.25, 0.3) is 0 Å². The summed E-state index contributed by atoms with van der Waals surface area (Å²) in [4.78, 5) is 12.1. The van der Waals surface area contributed by atoms with Gasteiger partial charge in [0, 0.05) is 19.5 Å². The molecule has 2 N–H and O–H groups in total. The van der Waals surface area contributed by atoms with Crippen LogP contribution in [0.15, 0.2) is 30.6 Å². The molecule has 2 aromatic rings. The standard InChI is InChI=1S/C17H23N5O/c1-12(16-21-19-11-22(16)2)20-17(23)18-10-14-8-5-7-13-6-3-4-9-15(13)14/h3-4,6,9,11-12,14H,5,7-8,10H2,1-2H3,(H2,18,20,23)/t12-,14-/m0/s1. The molecule has 0 radical (unpaired) electrons. The Balaban J connectivity index is 1.55. The normalized spacial score (nSPS) is 18.1. The first kappa shape index (κ1) is 15.5. The van der Waals surface area contributed by atoms with Gasteiger partial charge < -0.3 is 15.2 Å². The zero-order valence-corrected chi connectivity index (χ0v) is 13.6. The summed E-state index contributed by atoms with van der Waals surface area (Å²) in [5.74, 6) is 1.14. The number of aromatic nitrogens is 3. The molecule has 2 atom stereocenters. The number of benzene rings is 1. The number of hydrogen-bond donors (Lipinski definition) is 2. The second-order valence-corrected chi connectivity index (χ2v) is 6.16. The minimum Gasteiger partial charge on any atom is -0.338 e. The third kappa shape index (κ3) is 3.52. The average Bonchev–Trinajstić information content (AvgIpc) is 2.99. The van der Waals surface area contributed by atoms with Crippen molar-refractivity contribution >= 4 is 6.03 Å². The number of aryl methyl sites for hydroxylation is 2. The van der Waals surface area contributed by atoms with E-state index < -0.39 is 0 Å². The van der Waals surface area contributed by atoms with E-state index in [-0.39, 0.29) is 12.1 Å². The van der Waals surface area contributed by atoms with E-state index >= 15 is 0 Å². The van der Waals surface area contributed by atoms with Crippen LogP contribution in [0, 0.1) is 0 Å². The Bertz CT molecular complexity index is 681. The molecular formula is C17H23N5O. The maximum Gasteiger partial charge on any atom is 0.315 e. The SMILES string of the molecule is C[C@H](NC(=O)NC[C@@H]1CCCc2ccccc21)c1nncn1C. The third-order valence-corrected chi connectivity index (χ3v) is 4.48. The van der Waals surface area contributed by atoms with Gasteiger partial charge in [0.1, 0.15) is 6.33 Å². The van der Waals surface area contributed by atoms with Gasteiger partial charge in [-0.25, -0.2) is 4.79 Å². The van der Waals surface area contributed by atoms with E-state index in [9.17, 15) is 4.79 Å². The Morgan fingerprint density at radius 3 is 3.04 bits per heavy atom. The first-order valence-electron chi connectivity index (χ1n) is 8.11. The van der Waals surface area contributed by atoms with Crippen molar-refractivity contribution in [1.29, 1.82) is 0 Å². The van der Waals surface area contributed by atoms with Gasteiger partial charge in [0.15, 0.2) is 5.82 Å². The smallest absolute Gasteiger partial charge is 0.315 e. The molecule has 1 aliphatic rings. The van der Waals surface area contributed by atoms with E-state index in [1.807, 2.05) is 18.5 Å². The fourth-order valence-electron chi connectivity index (χ4n) is 3.28. The van der Waals surface area contributed by atoms with Crippen LogP contribution in [0.5, 0.6) is 0 Å². The number of nitrogens with one attached hydrogen (secondary N) is 2. The predicted octanol–water partition coefficient (Wildman–Crippen LogP) is 2.30. The minimum absolute atomic E-state index is 0.163. The molecular weight excluding hydrogens is 290 g/mol. The Kier molecular flexibility index (Phi) is 4.60. The molecule has 0 fully saturated rings. The zero-order chi connectivity index (χ0) is 16.2. The fourth-order valence-corrected chi connectivity index (χ4v) is 3.28. The van der Waals surface area contributed by atoms with Gasteiger partial charge in [-0.1, -0.05) is 24.3 Å². The van der Waals surface area contributed by atoms with Crippen molar-refractivity contribution in [2.75, 3.05) is 6.54 Å². The van der Waals surface area contributed by atoms with E-state index in [4.69, 9.17) is 0 Å². The molecule has 6 heteroatoms. The molecule has 3 rings (SSSR count). The number of urea groups is 1. The first-order valence-corrected chi connectivity index (χ1v) is 8.11. The lowest BCUT2D eigenvalue weighted by Gasteiger charge is -2.26. The van der Waals surface area contributed by atoms with E-state index in [1.165, 1.54) is 17.5 Å². The van der Waals surface area contributed by atoms with Crippen LogP contribution in [0.25, 0.3) is 0 Å². The summed E-state index contributed by atoms with van der Waals surface area (Å²) < 4.78 is 1.81. The highest BCUT2D eigenvalue weighted by molar-refractivity contribution is 5.74. The molecule has 0 bridgehead atoms. The molecule has 0 spiro atoms. The molecule has 1 heterocycles. The second kappa shape index (κ2) is 6.81. The molecule has 0 saturated carbocycles. The quantitative estimate of drug-likeness (QED) is 0.910. The van der Waals surface area contributed by atoms with Gasteiger partial charge >= 0.3 is 6.03 Å². The van der Waals surface area contributed by atoms with Crippen LogP contribution in [0.3, 0.4) is 0 Å². The van der Waals surface area contributed by atoms with Crippen molar-refractivity contribution in [1.82, 2.24) is 25.4 Å². The van der Waals surface area contributed by atoms with E-state index in [2.05, 4.69) is 45.1 Å². The highest BCUT2D eigenvalue weighted by Gasteiger charge is 2.21. The first-order chi connectivity index (χ1) is 11.1. The van der Waals surface area contributed by atoms with Crippen molar-refractivity contribution in [2.45, 2.75) is 38.1 Å². The number of carbonyl (C=O) groups excluding carboxylic acids is 1. The van der Waals surface area contributed by atoms with Crippen LogP contribution in [0.4, 0.5) is 4.79 Å². The Morgan fingerprint density at radius 1 is 1.43 bits per heavy atom. The maximum absolute atomic E-state index is 12.1. The van der Waals surface area contributed by atoms with Gasteiger partial charge in [-0.3, -0.25) is 0 Å². The number of hydrogen-bond acceptors (Lipinski definition) is 3. The van der Waals surface area contributed by atoms with Crippen molar-refractivity contribution < 1.29 is 4.79 Å². The highest BCUT2D eigenvalue weighted by atomic mass is 16.2. The van der Waals surface area contributed by atoms with Crippen LogP contribution in [-0.4, -0.2) is 27.3 Å². The van der Waals surface area contributed by atoms with Crippen LogP contribution in [0.1, 0.15) is 48.7 Å². The largest absolute Gasteiger partial charge is 0.338 e. The van der Waals surface area contributed by atoms with Gasteiger partial charge in [-0.15, -0.1) is 10.2 Å². The van der Waals surface area contributed by atoms with Gasteiger partial charge in [-0.05, 0) is 37.3 Å². The van der Waals surface area contributed by atoms with E-state index in [0.717, 1.165) is 18.7 Å². The summed E-state index contributed by atoms with van der Waals surface area (Å²) >= 11 is 0. The molecule has 122 valence electrons. The number of fused-ring (bicyclic) bond motifs is 1.